The zero-order valence-corrected chi connectivity index (χ0v) is 13.9. The number of rotatable bonds is 4. The van der Waals surface area contributed by atoms with E-state index >= 15 is 0 Å². The summed E-state index contributed by atoms with van der Waals surface area (Å²) in [6.07, 6.45) is 0.403. The summed E-state index contributed by atoms with van der Waals surface area (Å²) in [5, 5.41) is 10.6. The maximum absolute atomic E-state index is 12.0. The highest BCUT2D eigenvalue weighted by molar-refractivity contribution is 7.10. The Labute approximate surface area is 139 Å². The molecule has 6 heteroatoms. The summed E-state index contributed by atoms with van der Waals surface area (Å²) in [6, 6.07) is 7.52. The second kappa shape index (κ2) is 6.42. The van der Waals surface area contributed by atoms with Crippen molar-refractivity contribution in [3.63, 3.8) is 0 Å². The fraction of sp³-hybridized carbons (Fsp3) is 0.294. The van der Waals surface area contributed by atoms with Crippen molar-refractivity contribution in [1.29, 1.82) is 0 Å². The Kier molecular flexibility index (Phi) is 4.34. The van der Waals surface area contributed by atoms with Gasteiger partial charge in [0.05, 0.1) is 19.0 Å². The largest absolute Gasteiger partial charge is 0.333 e. The summed E-state index contributed by atoms with van der Waals surface area (Å²) < 4.78 is 0. The van der Waals surface area contributed by atoms with Crippen LogP contribution in [0.25, 0.3) is 0 Å². The Bertz CT molecular complexity index is 754. The van der Waals surface area contributed by atoms with E-state index in [4.69, 9.17) is 0 Å². The first kappa shape index (κ1) is 15.6. The Morgan fingerprint density at radius 2 is 2.22 bits per heavy atom. The van der Waals surface area contributed by atoms with Crippen molar-refractivity contribution < 1.29 is 9.59 Å². The minimum absolute atomic E-state index is 0.0156. The third-order valence-corrected chi connectivity index (χ3v) is 5.00. The number of carbonyl (C=O) groups excluding carboxylic acids is 2. The van der Waals surface area contributed by atoms with E-state index in [9.17, 15) is 9.59 Å². The van der Waals surface area contributed by atoms with Crippen LogP contribution in [-0.2, 0) is 17.8 Å². The maximum atomic E-state index is 12.0. The number of urea groups is 1. The molecule has 1 aromatic heterocycles. The zero-order chi connectivity index (χ0) is 16.4. The molecular formula is C17H19N3O2S. The average molecular weight is 329 g/mol. The highest BCUT2D eigenvalue weighted by Crippen LogP contribution is 2.26. The molecule has 0 saturated carbocycles. The molecule has 1 atom stereocenters. The van der Waals surface area contributed by atoms with E-state index in [0.29, 0.717) is 13.0 Å². The molecule has 3 amide bonds. The number of hydrogen-bond donors (Lipinski definition) is 3. The van der Waals surface area contributed by atoms with E-state index in [-0.39, 0.29) is 18.0 Å². The molecule has 0 radical (unpaired) electrons. The van der Waals surface area contributed by atoms with Crippen LogP contribution >= 0.6 is 11.3 Å². The number of benzene rings is 1. The second-order valence-electron chi connectivity index (χ2n) is 5.72. The lowest BCUT2D eigenvalue weighted by atomic mass is 10.0. The molecule has 2 heterocycles. The third kappa shape index (κ3) is 3.53. The molecule has 120 valence electrons. The van der Waals surface area contributed by atoms with E-state index in [2.05, 4.69) is 16.0 Å². The van der Waals surface area contributed by atoms with Gasteiger partial charge in [-0.1, -0.05) is 12.1 Å². The molecule has 23 heavy (non-hydrogen) atoms. The molecule has 2 aromatic rings. The van der Waals surface area contributed by atoms with Gasteiger partial charge in [0.25, 0.3) is 0 Å². The van der Waals surface area contributed by atoms with Crippen LogP contribution in [-0.4, -0.2) is 11.9 Å². The lowest BCUT2D eigenvalue weighted by molar-refractivity contribution is -0.115. The fourth-order valence-electron chi connectivity index (χ4n) is 2.60. The predicted molar refractivity (Wildman–Crippen MR) is 91.6 cm³/mol. The molecule has 1 aliphatic rings. The van der Waals surface area contributed by atoms with Crippen LogP contribution in [0.3, 0.4) is 0 Å². The van der Waals surface area contributed by atoms with E-state index in [1.54, 1.807) is 11.3 Å². The van der Waals surface area contributed by atoms with Gasteiger partial charge >= 0.3 is 6.03 Å². The maximum Gasteiger partial charge on any atom is 0.315 e. The van der Waals surface area contributed by atoms with Crippen LogP contribution in [0.2, 0.25) is 0 Å². The van der Waals surface area contributed by atoms with Gasteiger partial charge in [0.1, 0.15) is 0 Å². The average Bonchev–Trinajstić information content (AvgIpc) is 3.08. The Morgan fingerprint density at radius 3 is 2.96 bits per heavy atom. The summed E-state index contributed by atoms with van der Waals surface area (Å²) in [5.74, 6) is 0.0156. The Balaban J connectivity index is 1.57. The van der Waals surface area contributed by atoms with Gasteiger partial charge in [0, 0.05) is 10.6 Å². The van der Waals surface area contributed by atoms with E-state index < -0.39 is 0 Å². The van der Waals surface area contributed by atoms with Crippen LogP contribution in [0.15, 0.2) is 29.6 Å². The van der Waals surface area contributed by atoms with E-state index in [0.717, 1.165) is 21.7 Å². The number of aryl methyl sites for hydroxylation is 1. The SMILES string of the molecule is Cc1ccsc1CNC(=O)N[C@@H](C)c1ccc2c(c1)CC(=O)N2. The molecule has 0 spiro atoms. The van der Waals surface area contributed by atoms with Gasteiger partial charge in [-0.05, 0) is 48.1 Å². The molecule has 1 aliphatic heterocycles. The van der Waals surface area contributed by atoms with E-state index in [1.807, 2.05) is 43.5 Å². The summed E-state index contributed by atoms with van der Waals surface area (Å²) in [5.41, 5.74) is 4.03. The second-order valence-corrected chi connectivity index (χ2v) is 6.72. The van der Waals surface area contributed by atoms with Crippen LogP contribution in [0.4, 0.5) is 10.5 Å². The first-order valence-electron chi connectivity index (χ1n) is 7.53. The molecule has 0 aliphatic carbocycles. The lowest BCUT2D eigenvalue weighted by Crippen LogP contribution is -2.36. The van der Waals surface area contributed by atoms with Crippen LogP contribution in [0.1, 0.15) is 34.5 Å². The normalized spacial score (nSPS) is 14.1. The number of hydrogen-bond acceptors (Lipinski definition) is 3. The molecule has 3 N–H and O–H groups in total. The predicted octanol–water partition coefficient (Wildman–Crippen LogP) is 3.11. The number of thiophene rings is 1. The number of nitrogens with one attached hydrogen (secondary N) is 3. The standard InChI is InChI=1S/C17H19N3O2S/c1-10-5-6-23-15(10)9-18-17(22)19-11(2)12-3-4-14-13(7-12)8-16(21)20-14/h3-7,11H,8-9H2,1-2H3,(H,20,21)(H2,18,19,22)/t11-/m0/s1. The van der Waals surface area contributed by atoms with Crippen molar-refractivity contribution in [2.75, 3.05) is 5.32 Å². The van der Waals surface area contributed by atoms with Crippen molar-refractivity contribution in [1.82, 2.24) is 10.6 Å². The fourth-order valence-corrected chi connectivity index (χ4v) is 3.44. The van der Waals surface area contributed by atoms with Crippen molar-refractivity contribution in [2.45, 2.75) is 32.9 Å². The molecule has 5 nitrogen and oxygen atoms in total. The topological polar surface area (TPSA) is 70.2 Å². The monoisotopic (exact) mass is 329 g/mol. The number of anilines is 1. The van der Waals surface area contributed by atoms with Crippen LogP contribution in [0, 0.1) is 6.92 Å². The molecule has 0 unspecified atom stereocenters. The number of amides is 3. The molecule has 3 rings (SSSR count). The highest BCUT2D eigenvalue weighted by Gasteiger charge is 2.19. The minimum Gasteiger partial charge on any atom is -0.333 e. The van der Waals surface area contributed by atoms with E-state index in [1.165, 1.54) is 5.56 Å². The Morgan fingerprint density at radius 1 is 1.39 bits per heavy atom. The van der Waals surface area contributed by atoms with Crippen molar-refractivity contribution >= 4 is 29.0 Å². The quantitative estimate of drug-likeness (QED) is 0.806. The Hall–Kier alpha value is -2.34. The van der Waals surface area contributed by atoms with Crippen molar-refractivity contribution in [2.24, 2.45) is 0 Å². The van der Waals surface area contributed by atoms with Crippen LogP contribution in [0.5, 0.6) is 0 Å². The number of fused-ring (bicyclic) bond motifs is 1. The molecule has 1 aromatic carbocycles. The first-order valence-corrected chi connectivity index (χ1v) is 8.41. The summed E-state index contributed by atoms with van der Waals surface area (Å²) in [4.78, 5) is 24.6. The van der Waals surface area contributed by atoms with Gasteiger partial charge in [0.2, 0.25) is 5.91 Å². The van der Waals surface area contributed by atoms with Gasteiger partial charge < -0.3 is 16.0 Å². The molecular weight excluding hydrogens is 310 g/mol. The smallest absolute Gasteiger partial charge is 0.315 e. The third-order valence-electron chi connectivity index (χ3n) is 3.98. The van der Waals surface area contributed by atoms with Crippen molar-refractivity contribution in [3.05, 3.63) is 51.2 Å². The first-order chi connectivity index (χ1) is 11.0. The summed E-state index contributed by atoms with van der Waals surface area (Å²) >= 11 is 1.64. The van der Waals surface area contributed by atoms with Crippen LogP contribution < -0.4 is 16.0 Å². The highest BCUT2D eigenvalue weighted by atomic mass is 32.1. The minimum atomic E-state index is -0.194. The van der Waals surface area contributed by atoms with Gasteiger partial charge in [-0.25, -0.2) is 4.79 Å². The molecule has 0 fully saturated rings. The van der Waals surface area contributed by atoms with Gasteiger partial charge in [0.15, 0.2) is 0 Å². The molecule has 0 bridgehead atoms. The molecule has 0 saturated heterocycles. The van der Waals surface area contributed by atoms with Gasteiger partial charge in [-0.15, -0.1) is 11.3 Å². The van der Waals surface area contributed by atoms with Gasteiger partial charge in [-0.2, -0.15) is 0 Å². The summed E-state index contributed by atoms with van der Waals surface area (Å²) in [6.45, 7) is 4.50. The lowest BCUT2D eigenvalue weighted by Gasteiger charge is -2.16. The zero-order valence-electron chi connectivity index (χ0n) is 13.1. The van der Waals surface area contributed by atoms with Crippen molar-refractivity contribution in [3.8, 4) is 0 Å². The van der Waals surface area contributed by atoms with Gasteiger partial charge in [-0.3, -0.25) is 4.79 Å². The summed E-state index contributed by atoms with van der Waals surface area (Å²) in [7, 11) is 0. The number of carbonyl (C=O) groups is 2.